The van der Waals surface area contributed by atoms with E-state index in [1.54, 1.807) is 66.7 Å². The van der Waals surface area contributed by atoms with Crippen molar-refractivity contribution in [3.8, 4) is 33.4 Å². The Bertz CT molecular complexity index is 3170. The topological polar surface area (TPSA) is 214 Å². The third-order valence-electron chi connectivity index (χ3n) is 11.1. The smallest absolute Gasteiger partial charge is 0.263 e. The minimum atomic E-state index is -4.13. The van der Waals surface area contributed by atoms with Crippen molar-refractivity contribution >= 4 is 55.5 Å². The van der Waals surface area contributed by atoms with E-state index < -0.39 is 48.4 Å². The number of hydrogen-bond donors (Lipinski definition) is 5. The van der Waals surface area contributed by atoms with E-state index in [4.69, 9.17) is 4.74 Å². The van der Waals surface area contributed by atoms with Crippen molar-refractivity contribution < 1.29 is 45.9 Å². The van der Waals surface area contributed by atoms with Crippen LogP contribution in [-0.2, 0) is 34.0 Å². The van der Waals surface area contributed by atoms with Crippen LogP contribution in [0, 0.1) is 0 Å². The van der Waals surface area contributed by atoms with E-state index in [0.29, 0.717) is 27.8 Å². The molecule has 2 aliphatic heterocycles. The first kappa shape index (κ1) is 46.0. The number of nitrogens with one attached hydrogen (secondary N) is 4. The number of fused-ring (bicyclic) bond motifs is 2. The number of carbonyl (C=O) groups excluding carboxylic acids is 4. The predicted molar refractivity (Wildman–Crippen MR) is 253 cm³/mol. The summed E-state index contributed by atoms with van der Waals surface area (Å²) in [5.74, 6) is -2.33. The number of benzene rings is 6. The summed E-state index contributed by atoms with van der Waals surface area (Å²) in [6.07, 6.45) is 1.44. The second-order valence-corrected chi connectivity index (χ2v) is 19.4. The average molecular weight is 937 g/mol. The average Bonchev–Trinajstić information content (AvgIpc) is 3.79. The number of sulfone groups is 2. The second kappa shape index (κ2) is 19.9. The molecular formula is C51H44N4O10S2. The minimum absolute atomic E-state index is 0.00949. The van der Waals surface area contributed by atoms with E-state index in [9.17, 15) is 41.1 Å². The minimum Gasteiger partial charge on any atom is -0.389 e. The van der Waals surface area contributed by atoms with Gasteiger partial charge in [-0.2, -0.15) is 0 Å². The Labute approximate surface area is 387 Å². The second-order valence-electron chi connectivity index (χ2n) is 15.6. The summed E-state index contributed by atoms with van der Waals surface area (Å²) in [5.41, 5.74) is 6.57. The lowest BCUT2D eigenvalue weighted by atomic mass is 9.97. The van der Waals surface area contributed by atoms with Crippen LogP contribution in [0.25, 0.3) is 45.5 Å². The van der Waals surface area contributed by atoms with Crippen LogP contribution in [0.3, 0.4) is 0 Å². The fourth-order valence-electron chi connectivity index (χ4n) is 7.54. The Kier molecular flexibility index (Phi) is 13.7. The molecule has 0 bridgehead atoms. The van der Waals surface area contributed by atoms with E-state index in [2.05, 4.69) is 21.3 Å². The van der Waals surface area contributed by atoms with Crippen LogP contribution in [0.4, 0.5) is 0 Å². The highest BCUT2D eigenvalue weighted by Crippen LogP contribution is 2.37. The molecule has 0 spiro atoms. The molecule has 0 aromatic heterocycles. The fraction of sp³-hybridized carbons (Fsp3) is 0.137. The van der Waals surface area contributed by atoms with Crippen molar-refractivity contribution in [1.82, 2.24) is 21.3 Å². The number of ether oxygens (including phenoxy) is 1. The Morgan fingerprint density at radius 3 is 1.51 bits per heavy atom. The molecule has 8 rings (SSSR count). The van der Waals surface area contributed by atoms with Crippen molar-refractivity contribution in [1.29, 1.82) is 0 Å². The number of aliphatic hydroxyl groups is 1. The van der Waals surface area contributed by atoms with Crippen LogP contribution >= 0.6 is 0 Å². The van der Waals surface area contributed by atoms with Gasteiger partial charge in [-0.05, 0) is 99.1 Å². The largest absolute Gasteiger partial charge is 0.389 e. The first-order chi connectivity index (χ1) is 32.3. The quantitative estimate of drug-likeness (QED) is 0.0734. The molecule has 0 radical (unpaired) electrons. The summed E-state index contributed by atoms with van der Waals surface area (Å²) in [7, 11) is -8.10. The van der Waals surface area contributed by atoms with E-state index >= 15 is 0 Å². The molecule has 6 aromatic rings. The molecule has 1 unspecified atom stereocenters. The standard InChI is InChI=1S/C51H44N4O10S2/c56-43(32-55-51(60)47-29-41-9-4-5-12-44(41)66(47,61)62)31-54-49(58)37-19-15-35(16-20-37)38-10-6-11-39(27-38)40-21-22-42-30-46(67(63,64)45(42)28-40)50(59)53-24-26-65-25-23-52-48(57)36-17-13-34(14-18-36)33-7-2-1-3-8-33/h1-22,27-30,43,56H,23-26,31-32H2,(H,52,57)(H,53,59)(H,54,58)(H,55,60). The zero-order valence-electron chi connectivity index (χ0n) is 35.8. The summed E-state index contributed by atoms with van der Waals surface area (Å²) in [6, 6.07) is 42.5. The van der Waals surface area contributed by atoms with Gasteiger partial charge in [0.05, 0.1) is 29.1 Å². The molecule has 2 heterocycles. The van der Waals surface area contributed by atoms with Gasteiger partial charge in [-0.15, -0.1) is 0 Å². The lowest BCUT2D eigenvalue weighted by molar-refractivity contribution is -0.117. The highest BCUT2D eigenvalue weighted by Gasteiger charge is 2.35. The van der Waals surface area contributed by atoms with Gasteiger partial charge in [0.25, 0.3) is 23.6 Å². The lowest BCUT2D eigenvalue weighted by Gasteiger charge is -2.13. The van der Waals surface area contributed by atoms with Crippen molar-refractivity contribution in [3.05, 3.63) is 178 Å². The normalized spacial score (nSPS) is 14.4. The molecule has 1 atom stereocenters. The molecule has 14 nitrogen and oxygen atoms in total. The highest BCUT2D eigenvalue weighted by atomic mass is 32.2. The van der Waals surface area contributed by atoms with Crippen LogP contribution < -0.4 is 21.3 Å². The Morgan fingerprint density at radius 2 is 0.881 bits per heavy atom. The van der Waals surface area contributed by atoms with Gasteiger partial charge >= 0.3 is 0 Å². The predicted octanol–water partition coefficient (Wildman–Crippen LogP) is 5.41. The van der Waals surface area contributed by atoms with Crippen LogP contribution in [0.2, 0.25) is 0 Å². The fourth-order valence-corrected chi connectivity index (χ4v) is 10.6. The maximum Gasteiger partial charge on any atom is 0.263 e. The van der Waals surface area contributed by atoms with Gasteiger partial charge in [0.2, 0.25) is 19.7 Å². The Morgan fingerprint density at radius 1 is 0.448 bits per heavy atom. The van der Waals surface area contributed by atoms with Gasteiger partial charge in [0, 0.05) is 37.3 Å². The summed E-state index contributed by atoms with van der Waals surface area (Å²) < 4.78 is 58.2. The van der Waals surface area contributed by atoms with Gasteiger partial charge < -0.3 is 31.1 Å². The van der Waals surface area contributed by atoms with Crippen molar-refractivity contribution in [2.24, 2.45) is 0 Å². The zero-order valence-corrected chi connectivity index (χ0v) is 37.4. The maximum atomic E-state index is 13.6. The molecule has 4 amide bonds. The number of amides is 4. The van der Waals surface area contributed by atoms with Crippen LogP contribution in [-0.4, -0.2) is 91.1 Å². The highest BCUT2D eigenvalue weighted by molar-refractivity contribution is 7.97. The van der Waals surface area contributed by atoms with Gasteiger partial charge in [-0.1, -0.05) is 103 Å². The SMILES string of the molecule is O=C(NCCOCCNC(=O)c1ccc(-c2ccccc2)cc1)C1=Cc2ccc(-c3cccc(-c4ccc(C(=O)NCC(O)CNC(=O)C5=Cc6ccccc6S5(=O)=O)cc4)c3)cc2S1(=O)=O. The monoisotopic (exact) mass is 936 g/mol. The lowest BCUT2D eigenvalue weighted by Crippen LogP contribution is -2.40. The molecule has 340 valence electrons. The Hall–Kier alpha value is -7.50. The van der Waals surface area contributed by atoms with Gasteiger partial charge in [0.1, 0.15) is 9.81 Å². The molecule has 2 aliphatic rings. The summed E-state index contributed by atoms with van der Waals surface area (Å²) in [6.45, 7) is 0.0821. The number of carbonyl (C=O) groups is 4. The number of aliphatic hydroxyl groups excluding tert-OH is 1. The van der Waals surface area contributed by atoms with E-state index in [0.717, 1.165) is 27.8 Å². The van der Waals surface area contributed by atoms with Crippen molar-refractivity contribution in [3.63, 3.8) is 0 Å². The van der Waals surface area contributed by atoms with Gasteiger partial charge in [-0.3, -0.25) is 19.2 Å². The Balaban J connectivity index is 0.780. The molecular weight excluding hydrogens is 893 g/mol. The molecule has 0 saturated carbocycles. The van der Waals surface area contributed by atoms with Gasteiger partial charge in [-0.25, -0.2) is 16.8 Å². The summed E-state index contributed by atoms with van der Waals surface area (Å²) >= 11 is 0. The molecule has 0 aliphatic carbocycles. The van der Waals surface area contributed by atoms with Crippen LogP contribution in [0.15, 0.2) is 165 Å². The molecule has 16 heteroatoms. The maximum absolute atomic E-state index is 13.6. The number of rotatable bonds is 17. The third-order valence-corrected chi connectivity index (χ3v) is 14.8. The first-order valence-electron chi connectivity index (χ1n) is 21.2. The molecule has 0 saturated heterocycles. The number of hydrogen-bond acceptors (Lipinski definition) is 10. The van der Waals surface area contributed by atoms with E-state index in [1.165, 1.54) is 24.3 Å². The molecule has 5 N–H and O–H groups in total. The van der Waals surface area contributed by atoms with Crippen molar-refractivity contribution in [2.75, 3.05) is 39.4 Å². The molecule has 0 fully saturated rings. The summed E-state index contributed by atoms with van der Waals surface area (Å²) in [4.78, 5) is 50.5. The first-order valence-corrected chi connectivity index (χ1v) is 24.2. The molecule has 67 heavy (non-hydrogen) atoms. The van der Waals surface area contributed by atoms with E-state index in [1.807, 2.05) is 66.7 Å². The zero-order chi connectivity index (χ0) is 47.1. The summed E-state index contributed by atoms with van der Waals surface area (Å²) in [5, 5.41) is 20.9. The van der Waals surface area contributed by atoms with E-state index in [-0.39, 0.29) is 60.0 Å². The third kappa shape index (κ3) is 10.3. The van der Waals surface area contributed by atoms with Crippen molar-refractivity contribution in [2.45, 2.75) is 15.9 Å². The molecule has 6 aromatic carbocycles. The van der Waals surface area contributed by atoms with Crippen LogP contribution in [0.1, 0.15) is 31.8 Å². The van der Waals surface area contributed by atoms with Crippen LogP contribution in [0.5, 0.6) is 0 Å². The van der Waals surface area contributed by atoms with Gasteiger partial charge in [0.15, 0.2) is 0 Å².